The standard InChI is InChI=1S/C22H33N3O3/c1-16-5-8-20(28-16)15-23(2)21(26)18-4-3-11-25(14-18)19-9-12-24(13-10-19)22(27)17-6-7-17/h5,8,17-19H,3-4,6-7,9-15H2,1-2H3/t18-/m0/s1. The molecule has 0 radical (unpaired) electrons. The third kappa shape index (κ3) is 4.43. The van der Waals surface area contributed by atoms with Crippen molar-refractivity contribution in [3.63, 3.8) is 0 Å². The lowest BCUT2D eigenvalue weighted by Gasteiger charge is -2.42. The minimum absolute atomic E-state index is 0.0703. The van der Waals surface area contributed by atoms with Gasteiger partial charge in [0.1, 0.15) is 11.5 Å². The Kier molecular flexibility index (Phi) is 5.76. The number of hydrogen-bond donors (Lipinski definition) is 0. The summed E-state index contributed by atoms with van der Waals surface area (Å²) in [7, 11) is 1.88. The number of likely N-dealkylation sites (tertiary alicyclic amines) is 2. The van der Waals surface area contributed by atoms with Crippen molar-refractivity contribution in [2.45, 2.75) is 58.0 Å². The zero-order valence-electron chi connectivity index (χ0n) is 17.2. The van der Waals surface area contributed by atoms with Gasteiger partial charge in [-0.05, 0) is 64.1 Å². The highest BCUT2D eigenvalue weighted by Gasteiger charge is 2.37. The van der Waals surface area contributed by atoms with Crippen LogP contribution in [0.1, 0.15) is 50.0 Å². The maximum Gasteiger partial charge on any atom is 0.227 e. The number of furan rings is 1. The summed E-state index contributed by atoms with van der Waals surface area (Å²) in [6, 6.07) is 4.40. The van der Waals surface area contributed by atoms with Gasteiger partial charge in [-0.25, -0.2) is 0 Å². The Morgan fingerprint density at radius 3 is 2.46 bits per heavy atom. The Labute approximate surface area is 167 Å². The molecule has 3 heterocycles. The minimum atomic E-state index is 0.0703. The first-order valence-electron chi connectivity index (χ1n) is 10.8. The molecule has 4 rings (SSSR count). The molecule has 2 aliphatic heterocycles. The van der Waals surface area contributed by atoms with Crippen molar-refractivity contribution in [2.24, 2.45) is 11.8 Å². The molecule has 3 aliphatic rings. The Morgan fingerprint density at radius 2 is 1.82 bits per heavy atom. The summed E-state index contributed by atoms with van der Waals surface area (Å²) >= 11 is 0. The van der Waals surface area contributed by atoms with Gasteiger partial charge in [-0.1, -0.05) is 0 Å². The normalized spacial score (nSPS) is 24.4. The summed E-state index contributed by atoms with van der Waals surface area (Å²) in [6.45, 7) is 6.14. The molecule has 6 heteroatoms. The summed E-state index contributed by atoms with van der Waals surface area (Å²) < 4.78 is 5.62. The monoisotopic (exact) mass is 387 g/mol. The molecular formula is C22H33N3O3. The Balaban J connectivity index is 1.27. The molecule has 2 saturated heterocycles. The van der Waals surface area contributed by atoms with Crippen molar-refractivity contribution in [1.29, 1.82) is 0 Å². The number of piperidine rings is 2. The molecule has 0 N–H and O–H groups in total. The van der Waals surface area contributed by atoms with E-state index in [2.05, 4.69) is 9.80 Å². The van der Waals surface area contributed by atoms with E-state index in [1.54, 1.807) is 0 Å². The zero-order chi connectivity index (χ0) is 19.7. The van der Waals surface area contributed by atoms with E-state index in [0.29, 0.717) is 24.4 Å². The lowest BCUT2D eigenvalue weighted by atomic mass is 9.93. The number of amides is 2. The van der Waals surface area contributed by atoms with Gasteiger partial charge in [-0.15, -0.1) is 0 Å². The van der Waals surface area contributed by atoms with Crippen molar-refractivity contribution in [1.82, 2.24) is 14.7 Å². The van der Waals surface area contributed by atoms with Gasteiger partial charge < -0.3 is 14.2 Å². The Hall–Kier alpha value is -1.82. The van der Waals surface area contributed by atoms with E-state index in [1.807, 2.05) is 31.0 Å². The first-order valence-corrected chi connectivity index (χ1v) is 10.8. The van der Waals surface area contributed by atoms with Crippen LogP contribution >= 0.6 is 0 Å². The first kappa shape index (κ1) is 19.5. The van der Waals surface area contributed by atoms with Crippen LogP contribution in [0.5, 0.6) is 0 Å². The number of hydrogen-bond acceptors (Lipinski definition) is 4. The Bertz CT molecular complexity index is 704. The van der Waals surface area contributed by atoms with Gasteiger partial charge in [0.25, 0.3) is 0 Å². The predicted octanol–water partition coefficient (Wildman–Crippen LogP) is 2.66. The molecule has 2 amide bonds. The van der Waals surface area contributed by atoms with E-state index < -0.39 is 0 Å². The van der Waals surface area contributed by atoms with Crippen LogP contribution in [0.25, 0.3) is 0 Å². The van der Waals surface area contributed by atoms with E-state index in [1.165, 1.54) is 0 Å². The fourth-order valence-electron chi connectivity index (χ4n) is 4.77. The average Bonchev–Trinajstić information content (AvgIpc) is 3.49. The van der Waals surface area contributed by atoms with Gasteiger partial charge >= 0.3 is 0 Å². The third-order valence-electron chi connectivity index (χ3n) is 6.59. The molecule has 1 aliphatic carbocycles. The molecule has 1 aromatic rings. The first-order chi connectivity index (χ1) is 13.5. The number of nitrogens with zero attached hydrogens (tertiary/aromatic N) is 3. The van der Waals surface area contributed by atoms with Crippen LogP contribution in [-0.2, 0) is 16.1 Å². The molecule has 154 valence electrons. The maximum absolute atomic E-state index is 13.0. The molecular weight excluding hydrogens is 354 g/mol. The van der Waals surface area contributed by atoms with E-state index >= 15 is 0 Å². The second-order valence-electron chi connectivity index (χ2n) is 8.87. The molecule has 6 nitrogen and oxygen atoms in total. The summed E-state index contributed by atoms with van der Waals surface area (Å²) in [5.41, 5.74) is 0. The molecule has 1 atom stereocenters. The number of aryl methyl sites for hydroxylation is 1. The lowest BCUT2D eigenvalue weighted by molar-refractivity contribution is -0.137. The SMILES string of the molecule is Cc1ccc(CN(C)C(=O)[C@H]2CCCN(C3CCN(C(=O)C4CC4)CC3)C2)o1. The van der Waals surface area contributed by atoms with Crippen LogP contribution in [-0.4, -0.2) is 65.8 Å². The number of carbonyl (C=O) groups excluding carboxylic acids is 2. The summed E-state index contributed by atoms with van der Waals surface area (Å²) in [5, 5.41) is 0. The number of rotatable bonds is 5. The summed E-state index contributed by atoms with van der Waals surface area (Å²) in [4.78, 5) is 31.6. The molecule has 3 fully saturated rings. The molecule has 1 saturated carbocycles. The lowest BCUT2D eigenvalue weighted by Crippen LogP contribution is -2.51. The largest absolute Gasteiger partial charge is 0.464 e. The van der Waals surface area contributed by atoms with E-state index in [-0.39, 0.29) is 11.8 Å². The van der Waals surface area contributed by atoms with Crippen LogP contribution < -0.4 is 0 Å². The topological polar surface area (TPSA) is 57.0 Å². The van der Waals surface area contributed by atoms with E-state index in [0.717, 1.165) is 76.2 Å². The van der Waals surface area contributed by atoms with Gasteiger partial charge in [-0.2, -0.15) is 0 Å². The molecule has 0 aromatic carbocycles. The predicted molar refractivity (Wildman–Crippen MR) is 107 cm³/mol. The fourth-order valence-corrected chi connectivity index (χ4v) is 4.77. The second-order valence-corrected chi connectivity index (χ2v) is 8.87. The highest BCUT2D eigenvalue weighted by atomic mass is 16.3. The molecule has 0 unspecified atom stereocenters. The van der Waals surface area contributed by atoms with Crippen LogP contribution in [0.3, 0.4) is 0 Å². The zero-order valence-corrected chi connectivity index (χ0v) is 17.2. The summed E-state index contributed by atoms with van der Waals surface area (Å²) in [5.74, 6) is 2.71. The molecule has 0 spiro atoms. The van der Waals surface area contributed by atoms with Crippen molar-refractivity contribution >= 4 is 11.8 Å². The van der Waals surface area contributed by atoms with E-state index in [9.17, 15) is 9.59 Å². The molecule has 0 bridgehead atoms. The van der Waals surface area contributed by atoms with Crippen molar-refractivity contribution in [3.05, 3.63) is 23.7 Å². The summed E-state index contributed by atoms with van der Waals surface area (Å²) in [6.07, 6.45) is 6.29. The van der Waals surface area contributed by atoms with Crippen molar-refractivity contribution in [3.8, 4) is 0 Å². The van der Waals surface area contributed by atoms with Crippen molar-refractivity contribution < 1.29 is 14.0 Å². The van der Waals surface area contributed by atoms with Gasteiger partial charge in [0.15, 0.2) is 0 Å². The van der Waals surface area contributed by atoms with Gasteiger partial charge in [-0.3, -0.25) is 14.5 Å². The average molecular weight is 388 g/mol. The van der Waals surface area contributed by atoms with Crippen LogP contribution in [0.2, 0.25) is 0 Å². The third-order valence-corrected chi connectivity index (χ3v) is 6.59. The van der Waals surface area contributed by atoms with Gasteiger partial charge in [0.05, 0.1) is 12.5 Å². The van der Waals surface area contributed by atoms with Crippen LogP contribution in [0, 0.1) is 18.8 Å². The smallest absolute Gasteiger partial charge is 0.227 e. The quantitative estimate of drug-likeness (QED) is 0.779. The molecule has 28 heavy (non-hydrogen) atoms. The number of carbonyl (C=O) groups is 2. The van der Waals surface area contributed by atoms with Gasteiger partial charge in [0, 0.05) is 38.6 Å². The van der Waals surface area contributed by atoms with E-state index in [4.69, 9.17) is 4.42 Å². The minimum Gasteiger partial charge on any atom is -0.464 e. The second kappa shape index (κ2) is 8.27. The van der Waals surface area contributed by atoms with Crippen LogP contribution in [0.4, 0.5) is 0 Å². The van der Waals surface area contributed by atoms with Crippen molar-refractivity contribution in [2.75, 3.05) is 33.2 Å². The highest BCUT2D eigenvalue weighted by Crippen LogP contribution is 2.33. The Morgan fingerprint density at radius 1 is 1.07 bits per heavy atom. The highest BCUT2D eigenvalue weighted by molar-refractivity contribution is 5.81. The maximum atomic E-state index is 13.0. The van der Waals surface area contributed by atoms with Gasteiger partial charge in [0.2, 0.25) is 11.8 Å². The fraction of sp³-hybridized carbons (Fsp3) is 0.727. The molecule has 1 aromatic heterocycles. The van der Waals surface area contributed by atoms with Crippen LogP contribution in [0.15, 0.2) is 16.5 Å².